The molecule has 0 radical (unpaired) electrons. The second kappa shape index (κ2) is 8.34. The van der Waals surface area contributed by atoms with E-state index in [0.29, 0.717) is 30.9 Å². The number of benzene rings is 1. The topological polar surface area (TPSA) is 78.5 Å². The van der Waals surface area contributed by atoms with Crippen LogP contribution in [0.15, 0.2) is 24.3 Å². The molecule has 0 unspecified atom stereocenters. The molecule has 1 heterocycles. The summed E-state index contributed by atoms with van der Waals surface area (Å²) in [5.74, 6) is -0.270. The molecule has 0 bridgehead atoms. The van der Waals surface area contributed by atoms with Crippen molar-refractivity contribution >= 4 is 23.4 Å². The molecule has 0 saturated carbocycles. The summed E-state index contributed by atoms with van der Waals surface area (Å²) >= 11 is 0. The molecule has 6 heteroatoms. The van der Waals surface area contributed by atoms with E-state index in [-0.39, 0.29) is 23.6 Å². The lowest BCUT2D eigenvalue weighted by atomic mass is 9.95. The van der Waals surface area contributed by atoms with Gasteiger partial charge in [0.1, 0.15) is 0 Å². The number of nitrogens with zero attached hydrogens (tertiary/aromatic N) is 1. The smallest absolute Gasteiger partial charge is 0.253 e. The first-order valence-electron chi connectivity index (χ1n) is 9.21. The summed E-state index contributed by atoms with van der Waals surface area (Å²) in [6.07, 6.45) is 1.64. The third-order valence-electron chi connectivity index (χ3n) is 4.50. The van der Waals surface area contributed by atoms with Crippen LogP contribution in [0, 0.1) is 11.3 Å². The van der Waals surface area contributed by atoms with E-state index < -0.39 is 5.41 Å². The Labute approximate surface area is 155 Å². The number of anilines is 1. The Morgan fingerprint density at radius 3 is 2.38 bits per heavy atom. The van der Waals surface area contributed by atoms with Gasteiger partial charge in [0.25, 0.3) is 5.91 Å². The number of hydrogen-bond donors (Lipinski definition) is 2. The molecular formula is C20H29N3O3. The van der Waals surface area contributed by atoms with E-state index in [4.69, 9.17) is 0 Å². The maximum absolute atomic E-state index is 12.7. The molecule has 0 aliphatic carbocycles. The second-order valence-corrected chi connectivity index (χ2v) is 7.77. The maximum Gasteiger partial charge on any atom is 0.253 e. The highest BCUT2D eigenvalue weighted by atomic mass is 16.2. The Kier molecular flexibility index (Phi) is 6.40. The second-order valence-electron chi connectivity index (χ2n) is 7.77. The summed E-state index contributed by atoms with van der Waals surface area (Å²) < 4.78 is 0. The number of amides is 3. The minimum Gasteiger partial charge on any atom is -0.356 e. The molecule has 0 spiro atoms. The predicted molar refractivity (Wildman–Crippen MR) is 102 cm³/mol. The zero-order valence-electron chi connectivity index (χ0n) is 16.1. The quantitative estimate of drug-likeness (QED) is 0.867. The Morgan fingerprint density at radius 1 is 1.15 bits per heavy atom. The first-order chi connectivity index (χ1) is 12.2. The van der Waals surface area contributed by atoms with Crippen LogP contribution in [0.25, 0.3) is 0 Å². The fourth-order valence-corrected chi connectivity index (χ4v) is 2.89. The van der Waals surface area contributed by atoms with Crippen LogP contribution < -0.4 is 10.6 Å². The summed E-state index contributed by atoms with van der Waals surface area (Å²) in [5.41, 5.74) is 0.756. The van der Waals surface area contributed by atoms with E-state index in [0.717, 1.165) is 12.8 Å². The van der Waals surface area contributed by atoms with Gasteiger partial charge in [-0.05, 0) is 44.0 Å². The summed E-state index contributed by atoms with van der Waals surface area (Å²) in [6, 6.07) is 6.91. The van der Waals surface area contributed by atoms with Gasteiger partial charge in [-0.2, -0.15) is 0 Å². The summed E-state index contributed by atoms with van der Waals surface area (Å²) in [6.45, 7) is 9.16. The van der Waals surface area contributed by atoms with Crippen LogP contribution in [0.1, 0.15) is 50.9 Å². The highest BCUT2D eigenvalue weighted by molar-refractivity contribution is 5.97. The highest BCUT2D eigenvalue weighted by Crippen LogP contribution is 2.21. The van der Waals surface area contributed by atoms with Gasteiger partial charge in [-0.1, -0.05) is 20.8 Å². The molecule has 26 heavy (non-hydrogen) atoms. The molecule has 6 nitrogen and oxygen atoms in total. The van der Waals surface area contributed by atoms with Gasteiger partial charge in [0, 0.05) is 36.3 Å². The van der Waals surface area contributed by atoms with Crippen molar-refractivity contribution in [2.75, 3.05) is 25.0 Å². The van der Waals surface area contributed by atoms with Crippen molar-refractivity contribution in [3.8, 4) is 0 Å². The molecule has 1 atom stereocenters. The lowest BCUT2D eigenvalue weighted by Gasteiger charge is -2.32. The standard InChI is InChI=1S/C20H29N3O3/c1-5-21-17(24)15-7-6-12-23(13-15)18(25)14-8-10-16(11-9-14)22-19(26)20(2,3)4/h8-11,15H,5-7,12-13H2,1-4H3,(H,21,24)(H,22,26)/t15-/m1/s1. The van der Waals surface area contributed by atoms with Gasteiger partial charge >= 0.3 is 0 Å². The summed E-state index contributed by atoms with van der Waals surface area (Å²) in [4.78, 5) is 38.5. The molecule has 1 aliphatic heterocycles. The van der Waals surface area contributed by atoms with E-state index in [1.165, 1.54) is 0 Å². The van der Waals surface area contributed by atoms with E-state index in [9.17, 15) is 14.4 Å². The Hall–Kier alpha value is -2.37. The van der Waals surface area contributed by atoms with Crippen molar-refractivity contribution in [3.63, 3.8) is 0 Å². The first-order valence-corrected chi connectivity index (χ1v) is 9.21. The third-order valence-corrected chi connectivity index (χ3v) is 4.50. The van der Waals surface area contributed by atoms with Gasteiger partial charge in [-0.3, -0.25) is 14.4 Å². The molecule has 0 aromatic heterocycles. The van der Waals surface area contributed by atoms with Crippen molar-refractivity contribution in [2.24, 2.45) is 11.3 Å². The van der Waals surface area contributed by atoms with Crippen molar-refractivity contribution in [1.82, 2.24) is 10.2 Å². The van der Waals surface area contributed by atoms with Gasteiger partial charge in [0.15, 0.2) is 0 Å². The molecule has 1 saturated heterocycles. The molecule has 2 N–H and O–H groups in total. The van der Waals surface area contributed by atoms with Gasteiger partial charge in [0.05, 0.1) is 5.92 Å². The largest absolute Gasteiger partial charge is 0.356 e. The van der Waals surface area contributed by atoms with Crippen LogP contribution in [0.4, 0.5) is 5.69 Å². The maximum atomic E-state index is 12.7. The molecule has 1 fully saturated rings. The first kappa shape index (κ1) is 19.9. The lowest BCUT2D eigenvalue weighted by molar-refractivity contribution is -0.126. The Bertz CT molecular complexity index is 662. The number of carbonyl (C=O) groups excluding carboxylic acids is 3. The van der Waals surface area contributed by atoms with Crippen LogP contribution in [0.5, 0.6) is 0 Å². The van der Waals surface area contributed by atoms with E-state index in [1.807, 2.05) is 27.7 Å². The summed E-state index contributed by atoms with van der Waals surface area (Å²) in [7, 11) is 0. The fraction of sp³-hybridized carbons (Fsp3) is 0.550. The van der Waals surface area contributed by atoms with Crippen LogP contribution in [-0.2, 0) is 9.59 Å². The number of likely N-dealkylation sites (tertiary alicyclic amines) is 1. The molecular weight excluding hydrogens is 330 g/mol. The third kappa shape index (κ3) is 5.07. The monoisotopic (exact) mass is 359 g/mol. The predicted octanol–water partition coefficient (Wildman–Crippen LogP) is 2.66. The number of nitrogens with one attached hydrogen (secondary N) is 2. The van der Waals surface area contributed by atoms with Crippen LogP contribution >= 0.6 is 0 Å². The molecule has 2 rings (SSSR count). The number of carbonyl (C=O) groups is 3. The minimum atomic E-state index is -0.476. The minimum absolute atomic E-state index is 0.0187. The summed E-state index contributed by atoms with van der Waals surface area (Å²) in [5, 5.41) is 5.68. The van der Waals surface area contributed by atoms with E-state index >= 15 is 0 Å². The van der Waals surface area contributed by atoms with Gasteiger partial charge < -0.3 is 15.5 Å². The number of hydrogen-bond acceptors (Lipinski definition) is 3. The zero-order chi connectivity index (χ0) is 19.3. The molecule has 1 aliphatic rings. The van der Waals surface area contributed by atoms with Crippen molar-refractivity contribution < 1.29 is 14.4 Å². The Morgan fingerprint density at radius 2 is 1.81 bits per heavy atom. The average molecular weight is 359 g/mol. The van der Waals surface area contributed by atoms with Crippen LogP contribution in [0.3, 0.4) is 0 Å². The van der Waals surface area contributed by atoms with Gasteiger partial charge in [-0.15, -0.1) is 0 Å². The van der Waals surface area contributed by atoms with Crippen molar-refractivity contribution in [1.29, 1.82) is 0 Å². The molecule has 142 valence electrons. The fourth-order valence-electron chi connectivity index (χ4n) is 2.89. The highest BCUT2D eigenvalue weighted by Gasteiger charge is 2.28. The van der Waals surface area contributed by atoms with Crippen molar-refractivity contribution in [3.05, 3.63) is 29.8 Å². The SMILES string of the molecule is CCNC(=O)[C@@H]1CCCN(C(=O)c2ccc(NC(=O)C(C)(C)C)cc2)C1. The Balaban J connectivity index is 2.01. The van der Waals surface area contributed by atoms with Gasteiger partial charge in [0.2, 0.25) is 11.8 Å². The molecule has 1 aromatic rings. The number of rotatable bonds is 4. The van der Waals surface area contributed by atoms with Gasteiger partial charge in [-0.25, -0.2) is 0 Å². The van der Waals surface area contributed by atoms with Crippen LogP contribution in [0.2, 0.25) is 0 Å². The molecule has 1 aromatic carbocycles. The number of piperidine rings is 1. The zero-order valence-corrected chi connectivity index (χ0v) is 16.1. The lowest BCUT2D eigenvalue weighted by Crippen LogP contribution is -2.45. The van der Waals surface area contributed by atoms with Crippen LogP contribution in [-0.4, -0.2) is 42.3 Å². The van der Waals surface area contributed by atoms with E-state index in [2.05, 4.69) is 10.6 Å². The molecule has 3 amide bonds. The van der Waals surface area contributed by atoms with E-state index in [1.54, 1.807) is 29.2 Å². The van der Waals surface area contributed by atoms with Crippen molar-refractivity contribution in [2.45, 2.75) is 40.5 Å². The normalized spacial score (nSPS) is 17.5. The average Bonchev–Trinajstić information content (AvgIpc) is 2.61.